The van der Waals surface area contributed by atoms with Crippen LogP contribution < -0.4 is 11.1 Å². The largest absolute Gasteiger partial charge is 0.402 e. The number of carbonyl (C=O) groups is 1. The Kier molecular flexibility index (Phi) is 6.44. The highest BCUT2D eigenvalue weighted by atomic mass is 32.2. The van der Waals surface area contributed by atoms with Crippen LogP contribution in [0.4, 0.5) is 0 Å². The van der Waals surface area contributed by atoms with Crippen LogP contribution >= 0.6 is 11.8 Å². The Balaban J connectivity index is 1.75. The second-order valence-corrected chi connectivity index (χ2v) is 5.78. The number of nitrogens with two attached hydrogens (primary N) is 1. The van der Waals surface area contributed by atoms with Gasteiger partial charge < -0.3 is 11.1 Å². The Morgan fingerprint density at radius 3 is 2.65 bits per heavy atom. The van der Waals surface area contributed by atoms with Crippen molar-refractivity contribution in [1.82, 2.24) is 10.3 Å². The minimum atomic E-state index is -0.195. The molecule has 4 nitrogen and oxygen atoms in total. The zero-order valence-electron chi connectivity index (χ0n) is 12.7. The molecule has 0 aliphatic heterocycles. The standard InChI is InChI=1S/C18H19N3OS/c1-14(15-7-3-2-4-8-15)23-13-16(19)10-12-21-18(22)17-9-5-6-11-20-17/h2-9,11,13H,1,10,12,19H2,(H,21,22)/b16-13-. The van der Waals surface area contributed by atoms with Gasteiger partial charge in [0.1, 0.15) is 5.69 Å². The molecule has 0 aliphatic carbocycles. The summed E-state index contributed by atoms with van der Waals surface area (Å²) in [6.07, 6.45) is 2.17. The number of rotatable bonds is 7. The van der Waals surface area contributed by atoms with Crippen molar-refractivity contribution in [2.75, 3.05) is 6.54 Å². The molecule has 0 spiro atoms. The second-order valence-electron chi connectivity index (χ2n) is 4.82. The first-order valence-electron chi connectivity index (χ1n) is 7.21. The summed E-state index contributed by atoms with van der Waals surface area (Å²) >= 11 is 1.49. The van der Waals surface area contributed by atoms with Crippen LogP contribution in [0.15, 0.2) is 72.4 Å². The second kappa shape index (κ2) is 8.80. The van der Waals surface area contributed by atoms with Crippen LogP contribution in [-0.4, -0.2) is 17.4 Å². The van der Waals surface area contributed by atoms with E-state index in [0.717, 1.165) is 10.5 Å². The number of thioether (sulfide) groups is 1. The molecule has 1 aromatic heterocycles. The number of hydrogen-bond donors (Lipinski definition) is 2. The summed E-state index contributed by atoms with van der Waals surface area (Å²) in [5.74, 6) is -0.195. The highest BCUT2D eigenvalue weighted by Crippen LogP contribution is 2.26. The molecule has 0 atom stereocenters. The number of hydrogen-bond acceptors (Lipinski definition) is 4. The minimum Gasteiger partial charge on any atom is -0.402 e. The van der Waals surface area contributed by atoms with Crippen molar-refractivity contribution >= 4 is 22.6 Å². The van der Waals surface area contributed by atoms with E-state index in [1.165, 1.54) is 11.8 Å². The average molecular weight is 325 g/mol. The summed E-state index contributed by atoms with van der Waals surface area (Å²) < 4.78 is 0. The number of carbonyl (C=O) groups excluding carboxylic acids is 1. The first-order valence-corrected chi connectivity index (χ1v) is 8.09. The maximum absolute atomic E-state index is 11.8. The quantitative estimate of drug-likeness (QED) is 0.818. The number of amides is 1. The van der Waals surface area contributed by atoms with Crippen LogP contribution in [0, 0.1) is 0 Å². The van der Waals surface area contributed by atoms with Crippen molar-refractivity contribution in [3.05, 3.63) is 83.7 Å². The summed E-state index contributed by atoms with van der Waals surface area (Å²) in [4.78, 5) is 16.8. The van der Waals surface area contributed by atoms with Gasteiger partial charge >= 0.3 is 0 Å². The van der Waals surface area contributed by atoms with Gasteiger partial charge in [-0.25, -0.2) is 0 Å². The Morgan fingerprint density at radius 2 is 1.96 bits per heavy atom. The van der Waals surface area contributed by atoms with E-state index in [1.807, 2.05) is 35.7 Å². The molecule has 2 aromatic rings. The van der Waals surface area contributed by atoms with Gasteiger partial charge in [-0.2, -0.15) is 0 Å². The fourth-order valence-electron chi connectivity index (χ4n) is 1.81. The number of benzene rings is 1. The molecular weight excluding hydrogens is 306 g/mol. The van der Waals surface area contributed by atoms with Gasteiger partial charge in [0.2, 0.25) is 0 Å². The smallest absolute Gasteiger partial charge is 0.269 e. The van der Waals surface area contributed by atoms with E-state index in [4.69, 9.17) is 5.73 Å². The summed E-state index contributed by atoms with van der Waals surface area (Å²) in [5, 5.41) is 4.66. The minimum absolute atomic E-state index is 0.195. The van der Waals surface area contributed by atoms with E-state index in [9.17, 15) is 4.79 Å². The van der Waals surface area contributed by atoms with Crippen molar-refractivity contribution in [2.24, 2.45) is 5.73 Å². The van der Waals surface area contributed by atoms with Gasteiger partial charge in [0, 0.05) is 29.8 Å². The molecule has 0 radical (unpaired) electrons. The average Bonchev–Trinajstić information content (AvgIpc) is 2.61. The molecule has 0 unspecified atom stereocenters. The summed E-state index contributed by atoms with van der Waals surface area (Å²) in [6, 6.07) is 15.2. The van der Waals surface area contributed by atoms with Gasteiger partial charge in [0.25, 0.3) is 5.91 Å². The lowest BCUT2D eigenvalue weighted by Crippen LogP contribution is -2.26. The molecule has 1 heterocycles. The summed E-state index contributed by atoms with van der Waals surface area (Å²) in [6.45, 7) is 4.50. The normalized spacial score (nSPS) is 11.0. The molecule has 118 valence electrons. The Morgan fingerprint density at radius 1 is 1.22 bits per heavy atom. The number of nitrogens with one attached hydrogen (secondary N) is 1. The lowest BCUT2D eigenvalue weighted by Gasteiger charge is -2.06. The zero-order valence-corrected chi connectivity index (χ0v) is 13.6. The van der Waals surface area contributed by atoms with Crippen molar-refractivity contribution in [3.8, 4) is 0 Å². The van der Waals surface area contributed by atoms with Crippen molar-refractivity contribution in [2.45, 2.75) is 6.42 Å². The van der Waals surface area contributed by atoms with E-state index in [1.54, 1.807) is 24.4 Å². The predicted molar refractivity (Wildman–Crippen MR) is 96.5 cm³/mol. The molecule has 23 heavy (non-hydrogen) atoms. The lowest BCUT2D eigenvalue weighted by molar-refractivity contribution is 0.0949. The first kappa shape index (κ1) is 16.8. The first-order chi connectivity index (χ1) is 11.2. The lowest BCUT2D eigenvalue weighted by atomic mass is 10.2. The maximum atomic E-state index is 11.8. The van der Waals surface area contributed by atoms with Crippen LogP contribution in [0.3, 0.4) is 0 Å². The Labute approximate surface area is 140 Å². The third kappa shape index (κ3) is 5.64. The fourth-order valence-corrected chi connectivity index (χ4v) is 2.49. The third-order valence-corrected chi connectivity index (χ3v) is 3.99. The van der Waals surface area contributed by atoms with Crippen LogP contribution in [-0.2, 0) is 0 Å². The molecule has 0 fully saturated rings. The molecule has 0 aliphatic rings. The highest BCUT2D eigenvalue weighted by molar-refractivity contribution is 8.10. The molecule has 1 amide bonds. The third-order valence-electron chi connectivity index (χ3n) is 3.05. The van der Waals surface area contributed by atoms with Gasteiger partial charge in [0.15, 0.2) is 0 Å². The van der Waals surface area contributed by atoms with Crippen LogP contribution in [0.25, 0.3) is 4.91 Å². The Hall–Kier alpha value is -2.53. The van der Waals surface area contributed by atoms with E-state index in [2.05, 4.69) is 16.9 Å². The van der Waals surface area contributed by atoms with Gasteiger partial charge in [-0.1, -0.05) is 54.7 Å². The molecule has 2 rings (SSSR count). The number of nitrogens with zero attached hydrogens (tertiary/aromatic N) is 1. The van der Waals surface area contributed by atoms with Crippen LogP contribution in [0.5, 0.6) is 0 Å². The number of aromatic nitrogens is 1. The fraction of sp³-hybridized carbons (Fsp3) is 0.111. The molecule has 3 N–H and O–H groups in total. The predicted octanol–water partition coefficient (Wildman–Crippen LogP) is 3.41. The topological polar surface area (TPSA) is 68.0 Å². The molecule has 0 saturated heterocycles. The Bertz CT molecular complexity index is 684. The molecular formula is C18H19N3OS. The van der Waals surface area contributed by atoms with Gasteiger partial charge in [-0.15, -0.1) is 0 Å². The van der Waals surface area contributed by atoms with Crippen molar-refractivity contribution in [3.63, 3.8) is 0 Å². The maximum Gasteiger partial charge on any atom is 0.269 e. The van der Waals surface area contributed by atoms with Crippen LogP contribution in [0.1, 0.15) is 22.5 Å². The van der Waals surface area contributed by atoms with E-state index in [0.29, 0.717) is 24.4 Å². The van der Waals surface area contributed by atoms with Crippen LogP contribution in [0.2, 0.25) is 0 Å². The number of pyridine rings is 1. The van der Waals surface area contributed by atoms with E-state index in [-0.39, 0.29) is 5.91 Å². The van der Waals surface area contributed by atoms with E-state index >= 15 is 0 Å². The summed E-state index contributed by atoms with van der Waals surface area (Å²) in [5.41, 5.74) is 8.14. The molecule has 0 bridgehead atoms. The summed E-state index contributed by atoms with van der Waals surface area (Å²) in [7, 11) is 0. The molecule has 0 saturated carbocycles. The molecule has 1 aromatic carbocycles. The van der Waals surface area contributed by atoms with E-state index < -0.39 is 0 Å². The highest BCUT2D eigenvalue weighted by Gasteiger charge is 2.05. The zero-order chi connectivity index (χ0) is 16.5. The van der Waals surface area contributed by atoms with Crippen molar-refractivity contribution in [1.29, 1.82) is 0 Å². The monoisotopic (exact) mass is 325 g/mol. The molecule has 5 heteroatoms. The van der Waals surface area contributed by atoms with Gasteiger partial charge in [-0.3, -0.25) is 9.78 Å². The van der Waals surface area contributed by atoms with Gasteiger partial charge in [-0.05, 0) is 23.1 Å². The SMILES string of the molecule is C=C(S/C=C(\N)CCNC(=O)c1ccccn1)c1ccccc1. The van der Waals surface area contributed by atoms with Gasteiger partial charge in [0.05, 0.1) is 0 Å². The van der Waals surface area contributed by atoms with Crippen molar-refractivity contribution < 1.29 is 4.79 Å².